The zero-order valence-electron chi connectivity index (χ0n) is 12.2. The van der Waals surface area contributed by atoms with E-state index in [1.807, 2.05) is 12.1 Å². The summed E-state index contributed by atoms with van der Waals surface area (Å²) in [7, 11) is 0. The molecule has 2 aromatic heterocycles. The summed E-state index contributed by atoms with van der Waals surface area (Å²) in [6.07, 6.45) is 3.42. The summed E-state index contributed by atoms with van der Waals surface area (Å²) < 4.78 is 0. The lowest BCUT2D eigenvalue weighted by molar-refractivity contribution is 0.606. The Morgan fingerprint density at radius 1 is 0.955 bits per heavy atom. The summed E-state index contributed by atoms with van der Waals surface area (Å²) in [6.45, 7) is 0. The van der Waals surface area contributed by atoms with E-state index in [-0.39, 0.29) is 5.95 Å². The van der Waals surface area contributed by atoms with E-state index in [2.05, 4.69) is 34.2 Å². The number of fused-ring (bicyclic) bond motifs is 2. The second kappa shape index (κ2) is 4.94. The maximum Gasteiger partial charge on any atom is 0.222 e. The molecule has 1 aromatic carbocycles. The van der Waals surface area contributed by atoms with Gasteiger partial charge in [0.05, 0.1) is 5.52 Å². The Morgan fingerprint density at radius 2 is 1.82 bits per heavy atom. The molecule has 0 bridgehead atoms. The lowest BCUT2D eigenvalue weighted by atomic mass is 9.81. The number of nitrogens with zero attached hydrogens (tertiary/aromatic N) is 3. The Hall–Kier alpha value is -2.69. The average molecular weight is 291 g/mol. The number of benzene rings is 1. The molecule has 0 fully saturated rings. The third-order valence-electron chi connectivity index (χ3n) is 4.33. The van der Waals surface area contributed by atoms with Gasteiger partial charge in [-0.15, -0.1) is 0 Å². The fraction of sp³-hybridized carbons (Fsp3) is 0.235. The minimum atomic E-state index is 0.183. The lowest BCUT2D eigenvalue weighted by Crippen LogP contribution is -2.12. The first kappa shape index (κ1) is 13.0. The van der Waals surface area contributed by atoms with Crippen LogP contribution in [0.3, 0.4) is 0 Å². The van der Waals surface area contributed by atoms with Gasteiger partial charge in [-0.2, -0.15) is 4.98 Å². The highest BCUT2D eigenvalue weighted by molar-refractivity contribution is 5.85. The fourth-order valence-electron chi connectivity index (χ4n) is 3.33. The van der Waals surface area contributed by atoms with Crippen LogP contribution < -0.4 is 11.5 Å². The summed E-state index contributed by atoms with van der Waals surface area (Å²) in [4.78, 5) is 12.9. The topological polar surface area (TPSA) is 90.7 Å². The van der Waals surface area contributed by atoms with Gasteiger partial charge in [-0.3, -0.25) is 0 Å². The van der Waals surface area contributed by atoms with Gasteiger partial charge in [-0.1, -0.05) is 24.3 Å². The van der Waals surface area contributed by atoms with E-state index in [0.717, 1.165) is 18.5 Å². The van der Waals surface area contributed by atoms with Gasteiger partial charge >= 0.3 is 0 Å². The standard InChI is InChI=1S/C17H17N5/c18-16-15-14(21-17(19)22-16)9-8-13(20-15)12-7-3-5-10-4-1-2-6-11(10)12/h1-2,4,6,8-9,12H,3,5,7H2,(H4,18,19,21,22). The molecular formula is C17H17N5. The summed E-state index contributed by atoms with van der Waals surface area (Å²) in [6, 6.07) is 12.6. The summed E-state index contributed by atoms with van der Waals surface area (Å²) in [5.41, 5.74) is 16.7. The number of rotatable bonds is 1. The van der Waals surface area contributed by atoms with Crippen molar-refractivity contribution >= 4 is 22.8 Å². The number of aryl methyl sites for hydroxylation is 1. The first-order valence-corrected chi connectivity index (χ1v) is 7.50. The monoisotopic (exact) mass is 291 g/mol. The van der Waals surface area contributed by atoms with E-state index < -0.39 is 0 Å². The molecule has 0 spiro atoms. The number of aromatic nitrogens is 3. The SMILES string of the molecule is Nc1nc(N)c2nc(C3CCCc4ccccc43)ccc2n1. The first-order valence-electron chi connectivity index (χ1n) is 7.50. The van der Waals surface area contributed by atoms with Crippen LogP contribution in [0.5, 0.6) is 0 Å². The largest absolute Gasteiger partial charge is 0.382 e. The van der Waals surface area contributed by atoms with Gasteiger partial charge in [0.25, 0.3) is 0 Å². The van der Waals surface area contributed by atoms with Gasteiger partial charge in [0, 0.05) is 11.6 Å². The smallest absolute Gasteiger partial charge is 0.222 e. The van der Waals surface area contributed by atoms with E-state index in [1.54, 1.807) is 0 Å². The van der Waals surface area contributed by atoms with Gasteiger partial charge in [0.2, 0.25) is 5.95 Å². The average Bonchev–Trinajstić information content (AvgIpc) is 2.54. The summed E-state index contributed by atoms with van der Waals surface area (Å²) >= 11 is 0. The molecule has 3 aromatic rings. The van der Waals surface area contributed by atoms with Crippen molar-refractivity contribution in [2.75, 3.05) is 11.5 Å². The third-order valence-corrected chi connectivity index (χ3v) is 4.33. The molecular weight excluding hydrogens is 274 g/mol. The van der Waals surface area contributed by atoms with Crippen molar-refractivity contribution in [1.29, 1.82) is 0 Å². The molecule has 4 rings (SSSR count). The molecule has 1 unspecified atom stereocenters. The number of anilines is 2. The van der Waals surface area contributed by atoms with E-state index in [0.29, 0.717) is 22.8 Å². The van der Waals surface area contributed by atoms with Crippen molar-refractivity contribution in [3.05, 3.63) is 53.2 Å². The minimum absolute atomic E-state index is 0.183. The molecule has 0 saturated heterocycles. The quantitative estimate of drug-likeness (QED) is 0.719. The van der Waals surface area contributed by atoms with Crippen LogP contribution in [0, 0.1) is 0 Å². The van der Waals surface area contributed by atoms with Crippen molar-refractivity contribution in [1.82, 2.24) is 15.0 Å². The Labute approximate surface area is 128 Å². The van der Waals surface area contributed by atoms with E-state index in [9.17, 15) is 0 Å². The molecule has 2 heterocycles. The van der Waals surface area contributed by atoms with Gasteiger partial charge in [-0.05, 0) is 42.5 Å². The maximum atomic E-state index is 5.96. The van der Waals surface area contributed by atoms with Crippen LogP contribution in [0.2, 0.25) is 0 Å². The molecule has 110 valence electrons. The predicted molar refractivity (Wildman–Crippen MR) is 87.4 cm³/mol. The molecule has 0 aliphatic heterocycles. The van der Waals surface area contributed by atoms with Gasteiger partial charge in [-0.25, -0.2) is 9.97 Å². The van der Waals surface area contributed by atoms with Crippen LogP contribution in [0.4, 0.5) is 11.8 Å². The van der Waals surface area contributed by atoms with Crippen LogP contribution in [-0.2, 0) is 6.42 Å². The van der Waals surface area contributed by atoms with Gasteiger partial charge in [0.1, 0.15) is 5.52 Å². The highest BCUT2D eigenvalue weighted by Gasteiger charge is 2.23. The Kier molecular flexibility index (Phi) is 2.92. The van der Waals surface area contributed by atoms with E-state index in [4.69, 9.17) is 16.5 Å². The zero-order valence-corrected chi connectivity index (χ0v) is 12.2. The van der Waals surface area contributed by atoms with Crippen molar-refractivity contribution in [2.24, 2.45) is 0 Å². The number of pyridine rings is 1. The molecule has 0 radical (unpaired) electrons. The molecule has 1 aliphatic rings. The third kappa shape index (κ3) is 2.06. The van der Waals surface area contributed by atoms with Crippen LogP contribution >= 0.6 is 0 Å². The molecule has 1 atom stereocenters. The zero-order chi connectivity index (χ0) is 15.1. The Morgan fingerprint density at radius 3 is 2.73 bits per heavy atom. The number of hydrogen-bond acceptors (Lipinski definition) is 5. The molecule has 1 aliphatic carbocycles. The number of nitrogens with two attached hydrogens (primary N) is 2. The minimum Gasteiger partial charge on any atom is -0.382 e. The maximum absolute atomic E-state index is 5.96. The van der Waals surface area contributed by atoms with Crippen molar-refractivity contribution < 1.29 is 0 Å². The summed E-state index contributed by atoms with van der Waals surface area (Å²) in [5, 5.41) is 0. The van der Waals surface area contributed by atoms with E-state index >= 15 is 0 Å². The van der Waals surface area contributed by atoms with Crippen LogP contribution in [0.25, 0.3) is 11.0 Å². The highest BCUT2D eigenvalue weighted by atomic mass is 15.0. The number of nitrogen functional groups attached to an aromatic ring is 2. The summed E-state index contributed by atoms with van der Waals surface area (Å²) in [5.74, 6) is 0.835. The van der Waals surface area contributed by atoms with Crippen LogP contribution in [0.15, 0.2) is 36.4 Å². The lowest BCUT2D eigenvalue weighted by Gasteiger charge is -2.25. The first-order chi connectivity index (χ1) is 10.7. The molecule has 22 heavy (non-hydrogen) atoms. The molecule has 4 N–H and O–H groups in total. The second-order valence-corrected chi connectivity index (χ2v) is 5.71. The fourth-order valence-corrected chi connectivity index (χ4v) is 3.33. The van der Waals surface area contributed by atoms with Gasteiger partial charge < -0.3 is 11.5 Å². The highest BCUT2D eigenvalue weighted by Crippen LogP contribution is 2.36. The number of hydrogen-bond donors (Lipinski definition) is 2. The predicted octanol–water partition coefficient (Wildman–Crippen LogP) is 2.66. The molecule has 0 saturated carbocycles. The second-order valence-electron chi connectivity index (χ2n) is 5.71. The van der Waals surface area contributed by atoms with Crippen molar-refractivity contribution in [3.63, 3.8) is 0 Å². The molecule has 5 heteroatoms. The Bertz CT molecular complexity index is 859. The van der Waals surface area contributed by atoms with Crippen LogP contribution in [-0.4, -0.2) is 15.0 Å². The molecule has 5 nitrogen and oxygen atoms in total. The van der Waals surface area contributed by atoms with Crippen LogP contribution in [0.1, 0.15) is 35.6 Å². The van der Waals surface area contributed by atoms with E-state index in [1.165, 1.54) is 17.5 Å². The Balaban J connectivity index is 1.86. The van der Waals surface area contributed by atoms with Crippen molar-refractivity contribution in [3.8, 4) is 0 Å². The molecule has 0 amide bonds. The normalized spacial score (nSPS) is 17.4. The van der Waals surface area contributed by atoms with Gasteiger partial charge in [0.15, 0.2) is 5.82 Å². The van der Waals surface area contributed by atoms with Crippen molar-refractivity contribution in [2.45, 2.75) is 25.2 Å².